The third kappa shape index (κ3) is 3.80. The monoisotopic (exact) mass is 299 g/mol. The van der Waals surface area contributed by atoms with Crippen LogP contribution in [0.4, 0.5) is 5.95 Å². The Kier molecular flexibility index (Phi) is 6.16. The Morgan fingerprint density at radius 2 is 1.75 bits per heavy atom. The maximum atomic E-state index is 12.1. The number of hydrogen-bond donors (Lipinski definition) is 1. The van der Waals surface area contributed by atoms with Gasteiger partial charge >= 0.3 is 0 Å². The molecule has 20 heavy (non-hydrogen) atoms. The summed E-state index contributed by atoms with van der Waals surface area (Å²) in [7, 11) is 0. The van der Waals surface area contributed by atoms with Gasteiger partial charge in [-0.3, -0.25) is 4.79 Å². The van der Waals surface area contributed by atoms with E-state index in [1.807, 2.05) is 18.7 Å². The molecule has 1 saturated heterocycles. The van der Waals surface area contributed by atoms with E-state index in [0.717, 1.165) is 19.0 Å². The van der Waals surface area contributed by atoms with Crippen molar-refractivity contribution in [1.29, 1.82) is 0 Å². The Balaban J connectivity index is 0.00000200. The number of hydrogen-bond acceptors (Lipinski definition) is 5. The molecule has 0 saturated carbocycles. The van der Waals surface area contributed by atoms with Crippen molar-refractivity contribution in [1.82, 2.24) is 14.9 Å². The van der Waals surface area contributed by atoms with Gasteiger partial charge < -0.3 is 15.5 Å². The van der Waals surface area contributed by atoms with Gasteiger partial charge in [-0.1, -0.05) is 13.8 Å². The van der Waals surface area contributed by atoms with Gasteiger partial charge in [0.25, 0.3) is 0 Å². The molecule has 0 unspecified atom stereocenters. The highest BCUT2D eigenvalue weighted by atomic mass is 35.5. The van der Waals surface area contributed by atoms with Crippen LogP contribution in [-0.4, -0.2) is 53.0 Å². The second kappa shape index (κ2) is 7.40. The molecule has 0 aromatic carbocycles. The Labute approximate surface area is 125 Å². The Hall–Kier alpha value is -1.40. The summed E-state index contributed by atoms with van der Waals surface area (Å²) in [6.07, 6.45) is 3.46. The molecule has 112 valence electrons. The van der Waals surface area contributed by atoms with E-state index in [0.29, 0.717) is 13.1 Å². The summed E-state index contributed by atoms with van der Waals surface area (Å²) in [4.78, 5) is 24.5. The molecular weight excluding hydrogens is 278 g/mol. The number of carbonyl (C=O) groups is 1. The normalized spacial score (nSPS) is 16.8. The molecular formula is C13H22ClN5O. The predicted molar refractivity (Wildman–Crippen MR) is 80.9 cm³/mol. The van der Waals surface area contributed by atoms with Crippen LogP contribution in [0.2, 0.25) is 0 Å². The average molecular weight is 300 g/mol. The average Bonchev–Trinajstić information content (AvgIpc) is 2.46. The van der Waals surface area contributed by atoms with Gasteiger partial charge in [0.2, 0.25) is 11.9 Å². The molecule has 2 N–H and O–H groups in total. The van der Waals surface area contributed by atoms with Crippen LogP contribution in [0.3, 0.4) is 0 Å². The van der Waals surface area contributed by atoms with Crippen molar-refractivity contribution in [3.63, 3.8) is 0 Å². The van der Waals surface area contributed by atoms with Gasteiger partial charge in [0.05, 0.1) is 6.04 Å². The standard InChI is InChI=1S/C13H21N5O.ClH/c1-10(2)11(14)12(19)17-6-8-18(9-7-17)13-15-4-3-5-16-13;/h3-5,10-11H,6-9,14H2,1-2H3;1H/t11-;/m0./s1. The summed E-state index contributed by atoms with van der Waals surface area (Å²) in [5, 5.41) is 0. The lowest BCUT2D eigenvalue weighted by Gasteiger charge is -2.36. The van der Waals surface area contributed by atoms with Crippen LogP contribution in [0.1, 0.15) is 13.8 Å². The Morgan fingerprint density at radius 1 is 1.20 bits per heavy atom. The number of carbonyl (C=O) groups excluding carboxylic acids is 1. The molecule has 0 radical (unpaired) electrons. The van der Waals surface area contributed by atoms with Crippen molar-refractivity contribution in [3.8, 4) is 0 Å². The second-order valence-electron chi connectivity index (χ2n) is 5.13. The molecule has 1 aliphatic heterocycles. The summed E-state index contributed by atoms with van der Waals surface area (Å²) in [6.45, 7) is 6.80. The molecule has 1 aromatic heterocycles. The SMILES string of the molecule is CC(C)[C@H](N)C(=O)N1CCN(c2ncccn2)CC1.Cl. The topological polar surface area (TPSA) is 75.4 Å². The van der Waals surface area contributed by atoms with Crippen LogP contribution in [-0.2, 0) is 4.79 Å². The van der Waals surface area contributed by atoms with Crippen molar-refractivity contribution >= 4 is 24.3 Å². The highest BCUT2D eigenvalue weighted by Crippen LogP contribution is 2.11. The largest absolute Gasteiger partial charge is 0.338 e. The maximum Gasteiger partial charge on any atom is 0.239 e. The zero-order valence-corrected chi connectivity index (χ0v) is 12.7. The lowest BCUT2D eigenvalue weighted by atomic mass is 10.0. The first-order valence-electron chi connectivity index (χ1n) is 6.66. The van der Waals surface area contributed by atoms with Crippen molar-refractivity contribution in [2.24, 2.45) is 11.7 Å². The van der Waals surface area contributed by atoms with E-state index in [2.05, 4.69) is 14.9 Å². The lowest BCUT2D eigenvalue weighted by Crippen LogP contribution is -2.54. The summed E-state index contributed by atoms with van der Waals surface area (Å²) < 4.78 is 0. The molecule has 0 spiro atoms. The first kappa shape index (κ1) is 16.7. The van der Waals surface area contributed by atoms with Crippen molar-refractivity contribution in [3.05, 3.63) is 18.5 Å². The minimum Gasteiger partial charge on any atom is -0.338 e. The number of amides is 1. The molecule has 1 amide bonds. The van der Waals surface area contributed by atoms with E-state index >= 15 is 0 Å². The quantitative estimate of drug-likeness (QED) is 0.881. The van der Waals surface area contributed by atoms with Gasteiger partial charge in [0.1, 0.15) is 0 Å². The molecule has 0 aliphatic carbocycles. The number of nitrogens with zero attached hydrogens (tertiary/aromatic N) is 4. The number of anilines is 1. The first-order chi connectivity index (χ1) is 9.09. The van der Waals surface area contributed by atoms with Gasteiger partial charge in [-0.2, -0.15) is 0 Å². The molecule has 1 aliphatic rings. The predicted octanol–water partition coefficient (Wildman–Crippen LogP) is 0.530. The summed E-state index contributed by atoms with van der Waals surface area (Å²) >= 11 is 0. The summed E-state index contributed by atoms with van der Waals surface area (Å²) in [5.41, 5.74) is 5.91. The van der Waals surface area contributed by atoms with E-state index in [-0.39, 0.29) is 24.2 Å². The second-order valence-corrected chi connectivity index (χ2v) is 5.13. The molecule has 1 aromatic rings. The smallest absolute Gasteiger partial charge is 0.239 e. The molecule has 2 heterocycles. The van der Waals surface area contributed by atoms with Crippen LogP contribution in [0, 0.1) is 5.92 Å². The Morgan fingerprint density at radius 3 is 2.25 bits per heavy atom. The number of aromatic nitrogens is 2. The van der Waals surface area contributed by atoms with Crippen LogP contribution in [0.15, 0.2) is 18.5 Å². The zero-order valence-electron chi connectivity index (χ0n) is 11.9. The molecule has 2 rings (SSSR count). The number of nitrogens with two attached hydrogens (primary N) is 1. The molecule has 1 atom stereocenters. The summed E-state index contributed by atoms with van der Waals surface area (Å²) in [5.74, 6) is 0.939. The maximum absolute atomic E-state index is 12.1. The fraction of sp³-hybridized carbons (Fsp3) is 0.615. The lowest BCUT2D eigenvalue weighted by molar-refractivity contribution is -0.133. The van der Waals surface area contributed by atoms with Crippen LogP contribution in [0.5, 0.6) is 0 Å². The van der Waals surface area contributed by atoms with E-state index in [1.165, 1.54) is 0 Å². The first-order valence-corrected chi connectivity index (χ1v) is 6.66. The van der Waals surface area contributed by atoms with Gasteiger partial charge in [0.15, 0.2) is 0 Å². The third-order valence-corrected chi connectivity index (χ3v) is 3.43. The highest BCUT2D eigenvalue weighted by molar-refractivity contribution is 5.85. The van der Waals surface area contributed by atoms with Gasteiger partial charge in [-0.25, -0.2) is 9.97 Å². The van der Waals surface area contributed by atoms with Crippen LogP contribution >= 0.6 is 12.4 Å². The molecule has 0 bridgehead atoms. The number of halogens is 1. The number of piperazine rings is 1. The fourth-order valence-electron chi connectivity index (χ4n) is 2.08. The van der Waals surface area contributed by atoms with Crippen LogP contribution < -0.4 is 10.6 Å². The third-order valence-electron chi connectivity index (χ3n) is 3.43. The summed E-state index contributed by atoms with van der Waals surface area (Å²) in [6, 6.07) is 1.39. The van der Waals surface area contributed by atoms with Gasteiger partial charge in [-0.05, 0) is 12.0 Å². The van der Waals surface area contributed by atoms with E-state index < -0.39 is 6.04 Å². The van der Waals surface area contributed by atoms with Crippen molar-refractivity contribution in [2.45, 2.75) is 19.9 Å². The molecule has 6 nitrogen and oxygen atoms in total. The zero-order chi connectivity index (χ0) is 13.8. The minimum absolute atomic E-state index is 0. The fourth-order valence-corrected chi connectivity index (χ4v) is 2.08. The number of rotatable bonds is 3. The minimum atomic E-state index is -0.403. The van der Waals surface area contributed by atoms with Crippen molar-refractivity contribution < 1.29 is 4.79 Å². The van der Waals surface area contributed by atoms with Gasteiger partial charge in [0, 0.05) is 38.6 Å². The van der Waals surface area contributed by atoms with Crippen molar-refractivity contribution in [2.75, 3.05) is 31.1 Å². The van der Waals surface area contributed by atoms with E-state index in [9.17, 15) is 4.79 Å². The highest BCUT2D eigenvalue weighted by Gasteiger charge is 2.27. The molecule has 7 heteroatoms. The van der Waals surface area contributed by atoms with Gasteiger partial charge in [-0.15, -0.1) is 12.4 Å². The molecule has 1 fully saturated rings. The Bertz CT molecular complexity index is 420. The van der Waals surface area contributed by atoms with E-state index in [1.54, 1.807) is 18.5 Å². The van der Waals surface area contributed by atoms with E-state index in [4.69, 9.17) is 5.73 Å². The van der Waals surface area contributed by atoms with Crippen LogP contribution in [0.25, 0.3) is 0 Å².